The molecule has 2 unspecified atom stereocenters. The van der Waals surface area contributed by atoms with Crippen molar-refractivity contribution in [2.75, 3.05) is 13.2 Å². The van der Waals surface area contributed by atoms with E-state index in [1.807, 2.05) is 19.9 Å². The molecular formula is C13H22N2O3S2. The van der Waals surface area contributed by atoms with Crippen molar-refractivity contribution in [1.82, 2.24) is 10.0 Å². The van der Waals surface area contributed by atoms with Crippen LogP contribution in [0.15, 0.2) is 16.3 Å². The van der Waals surface area contributed by atoms with Gasteiger partial charge in [0.2, 0.25) is 10.0 Å². The van der Waals surface area contributed by atoms with Crippen molar-refractivity contribution in [3.63, 3.8) is 0 Å². The van der Waals surface area contributed by atoms with Gasteiger partial charge in [-0.05, 0) is 38.4 Å². The van der Waals surface area contributed by atoms with Crippen LogP contribution in [0.25, 0.3) is 0 Å². The van der Waals surface area contributed by atoms with Gasteiger partial charge in [-0.15, -0.1) is 11.3 Å². The average Bonchev–Trinajstić information content (AvgIpc) is 2.85. The number of hydrogen-bond donors (Lipinski definition) is 2. The molecule has 0 spiro atoms. The summed E-state index contributed by atoms with van der Waals surface area (Å²) >= 11 is 1.32. The zero-order chi connectivity index (χ0) is 14.6. The summed E-state index contributed by atoms with van der Waals surface area (Å²) in [5, 5.41) is 3.20. The molecule has 1 aliphatic heterocycles. The van der Waals surface area contributed by atoms with Crippen molar-refractivity contribution in [2.24, 2.45) is 0 Å². The van der Waals surface area contributed by atoms with Gasteiger partial charge < -0.3 is 10.1 Å². The first-order chi connectivity index (χ1) is 9.51. The largest absolute Gasteiger partial charge is 0.378 e. The molecule has 2 atom stereocenters. The third kappa shape index (κ3) is 4.26. The minimum absolute atomic E-state index is 0.0249. The van der Waals surface area contributed by atoms with Crippen molar-refractivity contribution in [3.8, 4) is 0 Å². The SMILES string of the molecule is CCNCc1ccc(S(=O)(=O)NC2CCOC(C)C2)s1. The maximum atomic E-state index is 12.3. The Morgan fingerprint density at radius 3 is 2.95 bits per heavy atom. The minimum atomic E-state index is -3.40. The average molecular weight is 318 g/mol. The van der Waals surface area contributed by atoms with Crippen LogP contribution >= 0.6 is 11.3 Å². The third-order valence-electron chi connectivity index (χ3n) is 3.26. The van der Waals surface area contributed by atoms with Crippen LogP contribution in [0.2, 0.25) is 0 Å². The lowest BCUT2D eigenvalue weighted by Crippen LogP contribution is -2.40. The maximum absolute atomic E-state index is 12.3. The molecule has 20 heavy (non-hydrogen) atoms. The Labute approximate surface area is 124 Å². The van der Waals surface area contributed by atoms with Crippen LogP contribution in [0.4, 0.5) is 0 Å². The molecule has 0 radical (unpaired) electrons. The van der Waals surface area contributed by atoms with E-state index in [0.717, 1.165) is 24.3 Å². The molecule has 2 N–H and O–H groups in total. The maximum Gasteiger partial charge on any atom is 0.250 e. The molecule has 0 aliphatic carbocycles. The Morgan fingerprint density at radius 1 is 1.45 bits per heavy atom. The highest BCUT2D eigenvalue weighted by molar-refractivity contribution is 7.91. The molecule has 0 bridgehead atoms. The van der Waals surface area contributed by atoms with Gasteiger partial charge in [0.05, 0.1) is 6.10 Å². The predicted molar refractivity (Wildman–Crippen MR) is 80.5 cm³/mol. The standard InChI is InChI=1S/C13H22N2O3S2/c1-3-14-9-12-4-5-13(19-12)20(16,17)15-11-6-7-18-10(2)8-11/h4-5,10-11,14-15H,3,6-9H2,1-2H3. The normalized spacial score (nSPS) is 23.9. The number of rotatable bonds is 6. The number of nitrogens with one attached hydrogen (secondary N) is 2. The van der Waals surface area contributed by atoms with Crippen LogP contribution < -0.4 is 10.0 Å². The monoisotopic (exact) mass is 318 g/mol. The number of hydrogen-bond acceptors (Lipinski definition) is 5. The van der Waals surface area contributed by atoms with Crippen LogP contribution in [0, 0.1) is 0 Å². The molecule has 1 saturated heterocycles. The quantitative estimate of drug-likeness (QED) is 0.838. The second-order valence-electron chi connectivity index (χ2n) is 5.03. The summed E-state index contributed by atoms with van der Waals surface area (Å²) in [7, 11) is -3.40. The van der Waals surface area contributed by atoms with Crippen molar-refractivity contribution in [1.29, 1.82) is 0 Å². The van der Waals surface area contributed by atoms with Crippen molar-refractivity contribution >= 4 is 21.4 Å². The summed E-state index contributed by atoms with van der Waals surface area (Å²) < 4.78 is 33.3. The molecule has 2 heterocycles. The topological polar surface area (TPSA) is 67.4 Å². The molecule has 0 amide bonds. The Balaban J connectivity index is 2.00. The van der Waals surface area contributed by atoms with E-state index in [0.29, 0.717) is 17.4 Å². The van der Waals surface area contributed by atoms with E-state index >= 15 is 0 Å². The summed E-state index contributed by atoms with van der Waals surface area (Å²) in [6.07, 6.45) is 1.58. The predicted octanol–water partition coefficient (Wildman–Crippen LogP) is 1.70. The lowest BCUT2D eigenvalue weighted by Gasteiger charge is -2.27. The van der Waals surface area contributed by atoms with E-state index in [1.165, 1.54) is 11.3 Å². The van der Waals surface area contributed by atoms with E-state index in [4.69, 9.17) is 4.74 Å². The molecule has 1 aromatic heterocycles. The highest BCUT2D eigenvalue weighted by Crippen LogP contribution is 2.23. The van der Waals surface area contributed by atoms with Gasteiger partial charge in [0, 0.05) is 24.1 Å². The van der Waals surface area contributed by atoms with Crippen LogP contribution in [0.3, 0.4) is 0 Å². The Morgan fingerprint density at radius 2 is 2.25 bits per heavy atom. The molecule has 0 aromatic carbocycles. The van der Waals surface area contributed by atoms with E-state index < -0.39 is 10.0 Å². The smallest absolute Gasteiger partial charge is 0.250 e. The van der Waals surface area contributed by atoms with Gasteiger partial charge in [-0.25, -0.2) is 13.1 Å². The highest BCUT2D eigenvalue weighted by atomic mass is 32.2. The van der Waals surface area contributed by atoms with Crippen LogP contribution in [-0.4, -0.2) is 33.7 Å². The summed E-state index contributed by atoms with van der Waals surface area (Å²) in [5.74, 6) is 0. The van der Waals surface area contributed by atoms with Crippen LogP contribution in [0.5, 0.6) is 0 Å². The summed E-state index contributed by atoms with van der Waals surface area (Å²) in [5.41, 5.74) is 0. The summed E-state index contributed by atoms with van der Waals surface area (Å²) in [6, 6.07) is 3.53. The summed E-state index contributed by atoms with van der Waals surface area (Å²) in [4.78, 5) is 1.03. The van der Waals surface area contributed by atoms with Crippen LogP contribution in [0.1, 0.15) is 31.6 Å². The number of sulfonamides is 1. The molecule has 7 heteroatoms. The molecule has 1 fully saturated rings. The Hall–Kier alpha value is -0.470. The molecule has 0 saturated carbocycles. The van der Waals surface area contributed by atoms with Gasteiger partial charge >= 0.3 is 0 Å². The first-order valence-electron chi connectivity index (χ1n) is 6.94. The second-order valence-corrected chi connectivity index (χ2v) is 8.13. The van der Waals surface area contributed by atoms with Crippen LogP contribution in [-0.2, 0) is 21.3 Å². The van der Waals surface area contributed by atoms with Gasteiger partial charge in [-0.3, -0.25) is 0 Å². The van der Waals surface area contributed by atoms with E-state index in [2.05, 4.69) is 10.0 Å². The first-order valence-corrected chi connectivity index (χ1v) is 9.24. The molecule has 2 rings (SSSR count). The summed E-state index contributed by atoms with van der Waals surface area (Å²) in [6.45, 7) is 6.20. The van der Waals surface area contributed by atoms with E-state index in [1.54, 1.807) is 6.07 Å². The zero-order valence-corrected chi connectivity index (χ0v) is 13.5. The Bertz CT molecular complexity index is 527. The number of ether oxygens (including phenoxy) is 1. The van der Waals surface area contributed by atoms with Gasteiger partial charge in [0.25, 0.3) is 0 Å². The van der Waals surface area contributed by atoms with E-state index in [9.17, 15) is 8.42 Å². The van der Waals surface area contributed by atoms with Gasteiger partial charge in [-0.2, -0.15) is 0 Å². The molecule has 114 valence electrons. The lowest BCUT2D eigenvalue weighted by atomic mass is 10.1. The Kier molecular flexibility index (Phi) is 5.57. The second kappa shape index (κ2) is 7.00. The molecule has 5 nitrogen and oxygen atoms in total. The molecular weight excluding hydrogens is 296 g/mol. The fourth-order valence-electron chi connectivity index (χ4n) is 2.23. The van der Waals surface area contributed by atoms with Crippen molar-refractivity contribution in [3.05, 3.63) is 17.0 Å². The highest BCUT2D eigenvalue weighted by Gasteiger charge is 2.25. The molecule has 1 aliphatic rings. The minimum Gasteiger partial charge on any atom is -0.378 e. The van der Waals surface area contributed by atoms with Gasteiger partial charge in [0.15, 0.2) is 0 Å². The van der Waals surface area contributed by atoms with E-state index in [-0.39, 0.29) is 12.1 Å². The zero-order valence-electron chi connectivity index (χ0n) is 11.9. The van der Waals surface area contributed by atoms with Crippen molar-refractivity contribution < 1.29 is 13.2 Å². The van der Waals surface area contributed by atoms with Crippen molar-refractivity contribution in [2.45, 2.75) is 49.6 Å². The number of thiophene rings is 1. The van der Waals surface area contributed by atoms with Gasteiger partial charge in [-0.1, -0.05) is 6.92 Å². The fraction of sp³-hybridized carbons (Fsp3) is 0.692. The lowest BCUT2D eigenvalue weighted by molar-refractivity contribution is 0.0173. The fourth-order valence-corrected chi connectivity index (χ4v) is 4.85. The molecule has 1 aromatic rings. The van der Waals surface area contributed by atoms with Gasteiger partial charge in [0.1, 0.15) is 4.21 Å². The first kappa shape index (κ1) is 15.9. The third-order valence-corrected chi connectivity index (χ3v) is 6.36.